The van der Waals surface area contributed by atoms with Gasteiger partial charge in [0.1, 0.15) is 46.0 Å². The minimum atomic E-state index is -0.718. The molecule has 0 amide bonds. The summed E-state index contributed by atoms with van der Waals surface area (Å²) in [6, 6.07) is 6.88. The van der Waals surface area contributed by atoms with E-state index in [-0.39, 0.29) is 94.7 Å². The molecule has 0 saturated carbocycles. The minimum Gasteiger partial charge on any atom is -0.507 e. The van der Waals surface area contributed by atoms with Gasteiger partial charge in [0.25, 0.3) is 0 Å². The molecule has 12 nitrogen and oxygen atoms in total. The van der Waals surface area contributed by atoms with Gasteiger partial charge in [-0.3, -0.25) is 0 Å². The summed E-state index contributed by atoms with van der Waals surface area (Å²) < 4.78 is 23.9. The Bertz CT molecular complexity index is 1790. The van der Waals surface area contributed by atoms with Crippen LogP contribution in [-0.2, 0) is 45.4 Å². The van der Waals surface area contributed by atoms with E-state index < -0.39 is 23.7 Å². The smallest absolute Gasteiger partial charge is 0.128 e. The predicted octanol–water partition coefficient (Wildman–Crippen LogP) is 11.5. The molecule has 8 N–H and O–H groups in total. The summed E-state index contributed by atoms with van der Waals surface area (Å²) in [5.41, 5.74) is 3.69. The van der Waals surface area contributed by atoms with Gasteiger partial charge in [0.2, 0.25) is 0 Å². The zero-order valence-corrected chi connectivity index (χ0v) is 39.1. The van der Waals surface area contributed by atoms with E-state index in [1.54, 1.807) is 24.3 Å². The molecule has 4 aromatic rings. The summed E-state index contributed by atoms with van der Waals surface area (Å²) in [6.45, 7) is 16.5. The lowest BCUT2D eigenvalue weighted by molar-refractivity contribution is 0.117. The maximum atomic E-state index is 12.3. The Labute approximate surface area is 379 Å². The number of phenolic OH excluding ortho intramolecular Hbond substituents is 8. The van der Waals surface area contributed by atoms with Crippen LogP contribution in [0, 0.1) is 0 Å². The predicted molar refractivity (Wildman–Crippen MR) is 247 cm³/mol. The summed E-state index contributed by atoms with van der Waals surface area (Å²) in [7, 11) is 0. The molecule has 0 spiro atoms. The van der Waals surface area contributed by atoms with E-state index in [0.29, 0.717) is 122 Å². The van der Waals surface area contributed by atoms with Gasteiger partial charge in [0, 0.05) is 94.6 Å². The second kappa shape index (κ2) is 22.8. The summed E-state index contributed by atoms with van der Waals surface area (Å²) in [6.07, 6.45) is 4.20. The number of aromatic hydroxyl groups is 8. The number of hydrogen-bond donors (Lipinski definition) is 8. The molecule has 1 aliphatic rings. The van der Waals surface area contributed by atoms with E-state index in [4.69, 9.17) is 18.9 Å². The van der Waals surface area contributed by atoms with Crippen molar-refractivity contribution in [3.05, 3.63) is 91.0 Å². The first-order chi connectivity index (χ1) is 30.8. The molecule has 0 fully saturated rings. The Balaban J connectivity index is 2.05. The summed E-state index contributed by atoms with van der Waals surface area (Å²) in [4.78, 5) is 0. The van der Waals surface area contributed by atoms with Crippen molar-refractivity contribution in [1.82, 2.24) is 0 Å². The highest BCUT2D eigenvalue weighted by atomic mass is 16.5. The van der Waals surface area contributed by atoms with Gasteiger partial charge in [-0.25, -0.2) is 0 Å². The molecule has 12 heteroatoms. The zero-order chi connectivity index (χ0) is 46.8. The van der Waals surface area contributed by atoms with Crippen LogP contribution in [0.1, 0.15) is 197 Å². The molecule has 64 heavy (non-hydrogen) atoms. The van der Waals surface area contributed by atoms with Crippen LogP contribution in [0.5, 0.6) is 46.0 Å². The van der Waals surface area contributed by atoms with Gasteiger partial charge in [0.15, 0.2) is 0 Å². The normalized spacial score (nSPS) is 17.2. The first kappa shape index (κ1) is 50.1. The van der Waals surface area contributed by atoms with Gasteiger partial charge in [-0.2, -0.15) is 0 Å². The molecular formula is C52H72O12. The molecule has 8 bridgehead atoms. The molecule has 0 unspecified atom stereocenters. The van der Waals surface area contributed by atoms with Crippen molar-refractivity contribution >= 4 is 0 Å². The Morgan fingerprint density at radius 1 is 0.297 bits per heavy atom. The Morgan fingerprint density at radius 2 is 0.453 bits per heavy atom. The van der Waals surface area contributed by atoms with E-state index in [2.05, 4.69) is 0 Å². The van der Waals surface area contributed by atoms with Crippen LogP contribution in [0.25, 0.3) is 0 Å². The van der Waals surface area contributed by atoms with E-state index in [1.165, 1.54) is 0 Å². The zero-order valence-electron chi connectivity index (χ0n) is 39.1. The van der Waals surface area contributed by atoms with E-state index in [0.717, 1.165) is 0 Å². The van der Waals surface area contributed by atoms with Crippen molar-refractivity contribution in [1.29, 1.82) is 0 Å². The highest BCUT2D eigenvalue weighted by Crippen LogP contribution is 2.55. The van der Waals surface area contributed by atoms with Gasteiger partial charge in [-0.15, -0.1) is 0 Å². The third-order valence-corrected chi connectivity index (χ3v) is 12.7. The standard InChI is InChI=1S/C52H72O12/c1-9-17-61-25-41-45(53)33-21-34(46(41)54)30(14-6)36-23-38(50(58)43(48(36)56)27-63-19-11-3)32(16-8)40-24-39(51(59)44(52(40)60)28-64-20-12-4)31(15-7)37-22-35(29(33)13-5)47(55)42(49(37)57)26-62-18-10-2/h21-24,29-32,53-60H,9-20,25-28H2,1-8H3. The molecular weight excluding hydrogens is 817 g/mol. The second-order valence-corrected chi connectivity index (χ2v) is 17.0. The Morgan fingerprint density at radius 3 is 0.578 bits per heavy atom. The van der Waals surface area contributed by atoms with Gasteiger partial charge >= 0.3 is 0 Å². The lowest BCUT2D eigenvalue weighted by Crippen LogP contribution is -2.14. The molecule has 352 valence electrons. The van der Waals surface area contributed by atoms with Crippen molar-refractivity contribution in [2.45, 2.75) is 157 Å². The van der Waals surface area contributed by atoms with Crippen molar-refractivity contribution in [2.75, 3.05) is 26.4 Å². The molecule has 0 radical (unpaired) electrons. The third kappa shape index (κ3) is 9.85. The molecule has 5 rings (SSSR count). The van der Waals surface area contributed by atoms with Crippen LogP contribution in [0.4, 0.5) is 0 Å². The molecule has 0 saturated heterocycles. The molecule has 4 aromatic carbocycles. The highest BCUT2D eigenvalue weighted by Gasteiger charge is 2.36. The monoisotopic (exact) mass is 889 g/mol. The quantitative estimate of drug-likeness (QED) is 0.0391. The third-order valence-electron chi connectivity index (χ3n) is 12.7. The van der Waals surface area contributed by atoms with Crippen LogP contribution >= 0.6 is 0 Å². The van der Waals surface area contributed by atoms with Gasteiger partial charge in [-0.05, 0) is 75.6 Å². The topological polar surface area (TPSA) is 199 Å². The fraction of sp³-hybridized carbons (Fsp3) is 0.538. The van der Waals surface area contributed by atoms with Gasteiger partial charge < -0.3 is 59.8 Å². The lowest BCUT2D eigenvalue weighted by Gasteiger charge is -2.31. The number of rotatable bonds is 20. The lowest BCUT2D eigenvalue weighted by atomic mass is 9.75. The molecule has 0 aromatic heterocycles. The van der Waals surface area contributed by atoms with E-state index in [9.17, 15) is 40.9 Å². The summed E-state index contributed by atoms with van der Waals surface area (Å²) >= 11 is 0. The van der Waals surface area contributed by atoms with Crippen LogP contribution < -0.4 is 0 Å². The van der Waals surface area contributed by atoms with Gasteiger partial charge in [-0.1, -0.05) is 55.4 Å². The van der Waals surface area contributed by atoms with Crippen molar-refractivity contribution in [3.8, 4) is 46.0 Å². The summed E-state index contributed by atoms with van der Waals surface area (Å²) in [5, 5.41) is 98.1. The second-order valence-electron chi connectivity index (χ2n) is 17.0. The number of benzene rings is 4. The molecule has 0 aliphatic heterocycles. The maximum Gasteiger partial charge on any atom is 0.128 e. The number of ether oxygens (including phenoxy) is 4. The molecule has 0 heterocycles. The fourth-order valence-corrected chi connectivity index (χ4v) is 9.44. The van der Waals surface area contributed by atoms with E-state index in [1.807, 2.05) is 55.4 Å². The average Bonchev–Trinajstić information content (AvgIpc) is 3.28. The summed E-state index contributed by atoms with van der Waals surface area (Å²) in [5.74, 6) is -4.55. The average molecular weight is 889 g/mol. The van der Waals surface area contributed by atoms with Crippen molar-refractivity contribution in [3.63, 3.8) is 0 Å². The molecule has 0 atom stereocenters. The Kier molecular flexibility index (Phi) is 17.9. The van der Waals surface area contributed by atoms with Gasteiger partial charge in [0.05, 0.1) is 48.7 Å². The first-order valence-electron chi connectivity index (χ1n) is 23.4. The highest BCUT2D eigenvalue weighted by molar-refractivity contribution is 5.67. The Hall–Kier alpha value is -4.88. The largest absolute Gasteiger partial charge is 0.507 e. The fourth-order valence-electron chi connectivity index (χ4n) is 9.44. The SMILES string of the molecule is CCCOCc1c(O)c2cc(c1O)C(CC)c1cc(c(O)c(COCCC)c1O)C(CC)c1cc(c(O)c(COCCC)c1O)C(CC)c1cc(c(O)c(COCCC)c1O)C2CC. The van der Waals surface area contributed by atoms with Crippen LogP contribution in [0.3, 0.4) is 0 Å². The van der Waals surface area contributed by atoms with Crippen LogP contribution in [0.2, 0.25) is 0 Å². The minimum absolute atomic E-state index is 0.127. The maximum absolute atomic E-state index is 12.3. The molecule has 1 aliphatic carbocycles. The van der Waals surface area contributed by atoms with Crippen molar-refractivity contribution in [2.24, 2.45) is 0 Å². The number of phenols is 8. The number of fused-ring (bicyclic) bond motifs is 8. The van der Waals surface area contributed by atoms with Crippen LogP contribution in [-0.4, -0.2) is 67.3 Å². The number of hydrogen-bond acceptors (Lipinski definition) is 12. The van der Waals surface area contributed by atoms with E-state index >= 15 is 0 Å². The first-order valence-corrected chi connectivity index (χ1v) is 23.4. The van der Waals surface area contributed by atoms with Crippen molar-refractivity contribution < 1.29 is 59.8 Å². The van der Waals surface area contributed by atoms with Crippen LogP contribution in [0.15, 0.2) is 24.3 Å².